The minimum Gasteiger partial charge on any atom is -0.490 e. The molecule has 22 heavy (non-hydrogen) atoms. The van der Waals surface area contributed by atoms with Gasteiger partial charge in [0, 0.05) is 3.57 Å². The Kier molecular flexibility index (Phi) is 4.57. The van der Waals surface area contributed by atoms with Crippen LogP contribution in [0.15, 0.2) is 30.3 Å². The predicted molar refractivity (Wildman–Crippen MR) is 95.7 cm³/mol. The molecule has 1 N–H and O–H groups in total. The van der Waals surface area contributed by atoms with Crippen LogP contribution < -0.4 is 4.74 Å². The van der Waals surface area contributed by atoms with Gasteiger partial charge in [-0.3, -0.25) is 0 Å². The Balaban J connectivity index is 1.84. The van der Waals surface area contributed by atoms with Crippen LogP contribution in [0.25, 0.3) is 10.8 Å². The lowest BCUT2D eigenvalue weighted by Crippen LogP contribution is -2.22. The molecule has 0 unspecified atom stereocenters. The summed E-state index contributed by atoms with van der Waals surface area (Å²) >= 11 is 2.10. The average molecular weight is 410 g/mol. The van der Waals surface area contributed by atoms with Crippen LogP contribution in [0.1, 0.15) is 43.0 Å². The number of fused-ring (bicyclic) bond motifs is 1. The van der Waals surface area contributed by atoms with Gasteiger partial charge in [0.25, 0.3) is 0 Å². The summed E-state index contributed by atoms with van der Waals surface area (Å²) in [7, 11) is 0. The molecule has 0 bridgehead atoms. The molecule has 1 aliphatic carbocycles. The topological polar surface area (TPSA) is 46.5 Å². The third kappa shape index (κ3) is 3.21. The van der Waals surface area contributed by atoms with Gasteiger partial charge in [0.2, 0.25) is 0 Å². The first-order valence-corrected chi connectivity index (χ1v) is 8.74. The summed E-state index contributed by atoms with van der Waals surface area (Å²) in [4.78, 5) is 11.2. The van der Waals surface area contributed by atoms with Gasteiger partial charge in [-0.05, 0) is 89.2 Å². The zero-order valence-electron chi connectivity index (χ0n) is 12.5. The van der Waals surface area contributed by atoms with Gasteiger partial charge < -0.3 is 9.84 Å². The largest absolute Gasteiger partial charge is 0.490 e. The lowest BCUT2D eigenvalue weighted by molar-refractivity contribution is 0.0696. The van der Waals surface area contributed by atoms with Crippen LogP contribution in [0.2, 0.25) is 0 Å². The van der Waals surface area contributed by atoms with Gasteiger partial charge >= 0.3 is 5.97 Å². The molecule has 116 valence electrons. The van der Waals surface area contributed by atoms with Crippen molar-refractivity contribution in [3.63, 3.8) is 0 Å². The van der Waals surface area contributed by atoms with E-state index >= 15 is 0 Å². The second-order valence-corrected chi connectivity index (χ2v) is 7.19. The lowest BCUT2D eigenvalue weighted by atomic mass is 9.89. The standard InChI is InChI=1S/C18H19IO3/c1-11-2-5-13(6-3-11)22-14-7-9-15-12(10-14)4-8-16(17(15)19)18(20)21/h4,7-11,13H,2-3,5-6H2,1H3,(H,20,21)/t11-,13+. The Hall–Kier alpha value is -1.30. The quantitative estimate of drug-likeness (QED) is 0.717. The molecule has 0 spiro atoms. The molecule has 0 aliphatic heterocycles. The maximum absolute atomic E-state index is 11.2. The normalized spacial score (nSPS) is 21.7. The summed E-state index contributed by atoms with van der Waals surface area (Å²) in [5, 5.41) is 11.2. The zero-order valence-corrected chi connectivity index (χ0v) is 14.7. The molecule has 0 amide bonds. The van der Waals surface area contributed by atoms with Crippen LogP contribution in [0.3, 0.4) is 0 Å². The fourth-order valence-corrected chi connectivity index (χ4v) is 3.95. The van der Waals surface area contributed by atoms with Crippen LogP contribution in [0, 0.1) is 9.49 Å². The Labute approximate surface area is 143 Å². The van der Waals surface area contributed by atoms with E-state index in [1.54, 1.807) is 6.07 Å². The summed E-state index contributed by atoms with van der Waals surface area (Å²) in [5.41, 5.74) is 0.350. The highest BCUT2D eigenvalue weighted by Gasteiger charge is 2.19. The Morgan fingerprint density at radius 2 is 1.91 bits per heavy atom. The summed E-state index contributed by atoms with van der Waals surface area (Å²) in [6.07, 6.45) is 5.02. The van der Waals surface area contributed by atoms with Crippen LogP contribution in [0.4, 0.5) is 0 Å². The molecular formula is C18H19IO3. The summed E-state index contributed by atoms with van der Waals surface area (Å²) in [6.45, 7) is 2.30. The van der Waals surface area contributed by atoms with E-state index in [1.165, 1.54) is 12.8 Å². The molecule has 3 nitrogen and oxygen atoms in total. The molecular weight excluding hydrogens is 391 g/mol. The number of rotatable bonds is 3. The number of benzene rings is 2. The lowest BCUT2D eigenvalue weighted by Gasteiger charge is -2.27. The van der Waals surface area contributed by atoms with Gasteiger partial charge in [-0.15, -0.1) is 0 Å². The third-order valence-corrected chi connectivity index (χ3v) is 5.58. The second kappa shape index (κ2) is 6.44. The molecule has 0 saturated heterocycles. The fraction of sp³-hybridized carbons (Fsp3) is 0.389. The van der Waals surface area contributed by atoms with Crippen LogP contribution >= 0.6 is 22.6 Å². The summed E-state index contributed by atoms with van der Waals surface area (Å²) < 4.78 is 6.89. The molecule has 0 atom stereocenters. The Bertz CT molecular complexity index is 703. The Morgan fingerprint density at radius 3 is 2.59 bits per heavy atom. The van der Waals surface area contributed by atoms with Gasteiger partial charge in [-0.2, -0.15) is 0 Å². The molecule has 2 aromatic rings. The highest BCUT2D eigenvalue weighted by Crippen LogP contribution is 2.31. The smallest absolute Gasteiger partial charge is 0.336 e. The van der Waals surface area contributed by atoms with Crippen molar-refractivity contribution in [3.05, 3.63) is 39.5 Å². The molecule has 3 rings (SSSR count). The van der Waals surface area contributed by atoms with Crippen molar-refractivity contribution in [2.75, 3.05) is 0 Å². The molecule has 2 aromatic carbocycles. The van der Waals surface area contributed by atoms with Crippen molar-refractivity contribution in [2.45, 2.75) is 38.7 Å². The summed E-state index contributed by atoms with van der Waals surface area (Å²) in [5.74, 6) is 0.807. The average Bonchev–Trinajstić information content (AvgIpc) is 2.49. The molecule has 0 aromatic heterocycles. The SMILES string of the molecule is C[C@H]1CC[C@@H](Oc2ccc3c(I)c(C(=O)O)ccc3c2)CC1. The van der Waals surface area contributed by atoms with Gasteiger partial charge in [-0.25, -0.2) is 4.79 Å². The molecule has 0 heterocycles. The van der Waals surface area contributed by atoms with E-state index in [0.717, 1.165) is 38.9 Å². The van der Waals surface area contributed by atoms with Crippen molar-refractivity contribution in [3.8, 4) is 5.75 Å². The first-order valence-electron chi connectivity index (χ1n) is 7.67. The van der Waals surface area contributed by atoms with Gasteiger partial charge in [-0.1, -0.05) is 13.0 Å². The van der Waals surface area contributed by atoms with E-state index in [-0.39, 0.29) is 0 Å². The van der Waals surface area contributed by atoms with Crippen LogP contribution in [-0.4, -0.2) is 17.2 Å². The van der Waals surface area contributed by atoms with Gasteiger partial charge in [0.15, 0.2) is 0 Å². The maximum atomic E-state index is 11.2. The zero-order chi connectivity index (χ0) is 15.7. The number of hydrogen-bond donors (Lipinski definition) is 1. The number of carboxylic acid groups (broad SMARTS) is 1. The van der Waals surface area contributed by atoms with Crippen molar-refractivity contribution in [1.29, 1.82) is 0 Å². The van der Waals surface area contributed by atoms with Gasteiger partial charge in [0.05, 0.1) is 11.7 Å². The van der Waals surface area contributed by atoms with E-state index in [4.69, 9.17) is 4.74 Å². The molecule has 1 aliphatic rings. The van der Waals surface area contributed by atoms with E-state index in [2.05, 4.69) is 29.5 Å². The molecule has 4 heteroatoms. The number of halogens is 1. The van der Waals surface area contributed by atoms with Crippen LogP contribution in [-0.2, 0) is 0 Å². The number of ether oxygens (including phenoxy) is 1. The number of aromatic carboxylic acids is 1. The van der Waals surface area contributed by atoms with E-state index < -0.39 is 5.97 Å². The monoisotopic (exact) mass is 410 g/mol. The van der Waals surface area contributed by atoms with E-state index in [1.807, 2.05) is 24.3 Å². The van der Waals surface area contributed by atoms with E-state index in [9.17, 15) is 9.90 Å². The second-order valence-electron chi connectivity index (χ2n) is 6.11. The summed E-state index contributed by atoms with van der Waals surface area (Å²) in [6, 6.07) is 9.45. The predicted octanol–water partition coefficient (Wildman–Crippen LogP) is 5.10. The maximum Gasteiger partial charge on any atom is 0.336 e. The minimum atomic E-state index is -0.886. The third-order valence-electron chi connectivity index (χ3n) is 4.42. The Morgan fingerprint density at radius 1 is 1.18 bits per heavy atom. The van der Waals surface area contributed by atoms with Crippen LogP contribution in [0.5, 0.6) is 5.75 Å². The molecule has 1 fully saturated rings. The molecule has 0 radical (unpaired) electrons. The first kappa shape index (κ1) is 15.6. The van der Waals surface area contributed by atoms with Crippen molar-refractivity contribution < 1.29 is 14.6 Å². The van der Waals surface area contributed by atoms with Crippen molar-refractivity contribution in [1.82, 2.24) is 0 Å². The molecule has 1 saturated carbocycles. The number of hydrogen-bond acceptors (Lipinski definition) is 2. The van der Waals surface area contributed by atoms with Crippen molar-refractivity contribution >= 4 is 39.3 Å². The number of carbonyl (C=O) groups is 1. The first-order chi connectivity index (χ1) is 10.5. The van der Waals surface area contributed by atoms with Crippen molar-refractivity contribution in [2.24, 2.45) is 5.92 Å². The van der Waals surface area contributed by atoms with Gasteiger partial charge in [0.1, 0.15) is 5.75 Å². The minimum absolute atomic E-state index is 0.311. The highest BCUT2D eigenvalue weighted by atomic mass is 127. The fourth-order valence-electron chi connectivity index (χ4n) is 3.05. The number of carboxylic acids is 1. The van der Waals surface area contributed by atoms with E-state index in [0.29, 0.717) is 11.7 Å². The highest BCUT2D eigenvalue weighted by molar-refractivity contribution is 14.1.